The first-order valence-electron chi connectivity index (χ1n) is 15.6. The largest absolute Gasteiger partial charge is 0.508 e. The number of hydrogen-bond donors (Lipinski definition) is 4. The number of phenols is 4. The zero-order valence-corrected chi connectivity index (χ0v) is 25.6. The van der Waals surface area contributed by atoms with Crippen molar-refractivity contribution in [2.24, 2.45) is 0 Å². The minimum atomic E-state index is -1.50. The maximum Gasteiger partial charge on any atom is 0.340 e. The summed E-state index contributed by atoms with van der Waals surface area (Å²) in [5.41, 5.74) is 1.11. The number of carbonyl (C=O) groups excluding carboxylic acids is 2. The van der Waals surface area contributed by atoms with Gasteiger partial charge in [-0.05, 0) is 59.7 Å². The summed E-state index contributed by atoms with van der Waals surface area (Å²) in [4.78, 5) is 28.4. The van der Waals surface area contributed by atoms with E-state index in [4.69, 9.17) is 18.9 Å². The molecule has 4 aliphatic heterocycles. The van der Waals surface area contributed by atoms with Crippen LogP contribution in [0.25, 0.3) is 11.1 Å². The highest BCUT2D eigenvalue weighted by Crippen LogP contribution is 2.60. The predicted octanol–water partition coefficient (Wildman–Crippen LogP) is 7.31. The molecule has 242 valence electrons. The van der Waals surface area contributed by atoms with Crippen LogP contribution in [0.3, 0.4) is 0 Å². The van der Waals surface area contributed by atoms with E-state index in [-0.39, 0.29) is 57.1 Å². The van der Waals surface area contributed by atoms with E-state index in [2.05, 4.69) is 0 Å². The second-order valence-electron chi connectivity index (χ2n) is 12.5. The SMILES string of the molecule is O=C1OC2(c3ccc(O)cc3Oc3cc(O)ccc32)c2cccc(-c3cccc4c3C(=O)OC43c4ccc(O)cc4Oc4cc(O)ccc43)c21. The Morgan fingerprint density at radius 3 is 1.04 bits per heavy atom. The van der Waals surface area contributed by atoms with Crippen molar-refractivity contribution in [1.82, 2.24) is 0 Å². The van der Waals surface area contributed by atoms with Crippen molar-refractivity contribution < 1.29 is 49.0 Å². The summed E-state index contributed by atoms with van der Waals surface area (Å²) < 4.78 is 24.9. The third kappa shape index (κ3) is 3.41. The zero-order valence-electron chi connectivity index (χ0n) is 25.6. The van der Waals surface area contributed by atoms with E-state index < -0.39 is 23.1 Å². The molecule has 0 aromatic heterocycles. The van der Waals surface area contributed by atoms with Crippen LogP contribution in [-0.4, -0.2) is 32.4 Å². The van der Waals surface area contributed by atoms with E-state index >= 15 is 0 Å². The summed E-state index contributed by atoms with van der Waals surface area (Å²) in [7, 11) is 0. The first-order valence-corrected chi connectivity index (χ1v) is 15.6. The number of fused-ring (bicyclic) bond motifs is 12. The molecule has 0 saturated carbocycles. The molecule has 4 aliphatic rings. The minimum Gasteiger partial charge on any atom is -0.508 e. The lowest BCUT2D eigenvalue weighted by atomic mass is 9.75. The highest BCUT2D eigenvalue weighted by atomic mass is 16.6. The third-order valence-corrected chi connectivity index (χ3v) is 9.90. The van der Waals surface area contributed by atoms with Crippen LogP contribution < -0.4 is 9.47 Å². The fourth-order valence-corrected chi connectivity index (χ4v) is 7.94. The van der Waals surface area contributed by atoms with Crippen LogP contribution in [0.4, 0.5) is 0 Å². The summed E-state index contributed by atoms with van der Waals surface area (Å²) in [6, 6.07) is 28.7. The number of hydrogen-bond acceptors (Lipinski definition) is 10. The smallest absolute Gasteiger partial charge is 0.340 e. The van der Waals surface area contributed by atoms with Crippen molar-refractivity contribution in [3.05, 3.63) is 154 Å². The summed E-state index contributed by atoms with van der Waals surface area (Å²) in [6.07, 6.45) is 0. The quantitative estimate of drug-likeness (QED) is 0.132. The monoisotopic (exact) mass is 662 g/mol. The molecule has 10 heteroatoms. The zero-order chi connectivity index (χ0) is 34.1. The van der Waals surface area contributed by atoms with Gasteiger partial charge in [0.15, 0.2) is 11.2 Å². The van der Waals surface area contributed by atoms with Gasteiger partial charge in [0, 0.05) is 57.6 Å². The Kier molecular flexibility index (Phi) is 5.26. The summed E-state index contributed by atoms with van der Waals surface area (Å²) in [5.74, 6) is -0.565. The van der Waals surface area contributed by atoms with E-state index in [0.717, 1.165) is 0 Å². The standard InChI is InChI=1S/C40H22O10/c41-19-7-11-25-31(15-19)47-32-16-20(42)8-12-26(32)39(25)29-5-1-3-23(35(29)37(45)49-39)24-4-2-6-30-36(24)38(46)50-40(30)27-13-9-21(43)17-33(27)48-34-18-22(44)10-14-28(34)40/h1-18,41-44H. The van der Waals surface area contributed by atoms with E-state index in [0.29, 0.717) is 44.5 Å². The summed E-state index contributed by atoms with van der Waals surface area (Å²) in [6.45, 7) is 0. The highest BCUT2D eigenvalue weighted by molar-refractivity contribution is 6.09. The van der Waals surface area contributed by atoms with E-state index in [1.54, 1.807) is 60.7 Å². The number of phenolic OH excluding ortho intramolecular Hbond substituents is 4. The average Bonchev–Trinajstić information content (AvgIpc) is 3.56. The Hall–Kier alpha value is -6.94. The lowest BCUT2D eigenvalue weighted by Gasteiger charge is -2.36. The van der Waals surface area contributed by atoms with Gasteiger partial charge in [0.05, 0.1) is 11.1 Å². The molecule has 6 aromatic carbocycles. The molecule has 2 spiro atoms. The number of ether oxygens (including phenoxy) is 4. The molecule has 4 N–H and O–H groups in total. The summed E-state index contributed by atoms with van der Waals surface area (Å²) in [5, 5.41) is 41.3. The van der Waals surface area contributed by atoms with Crippen LogP contribution in [0.5, 0.6) is 46.0 Å². The molecule has 0 fully saturated rings. The molecule has 0 aliphatic carbocycles. The van der Waals surface area contributed by atoms with Crippen molar-refractivity contribution in [2.45, 2.75) is 11.2 Å². The first-order chi connectivity index (χ1) is 24.2. The van der Waals surface area contributed by atoms with Gasteiger partial charge in [-0.3, -0.25) is 0 Å². The van der Waals surface area contributed by atoms with Crippen molar-refractivity contribution in [3.8, 4) is 57.1 Å². The third-order valence-electron chi connectivity index (χ3n) is 9.90. The Labute approximate surface area is 282 Å². The van der Waals surface area contributed by atoms with E-state index in [1.165, 1.54) is 48.5 Å². The van der Waals surface area contributed by atoms with Gasteiger partial charge in [-0.1, -0.05) is 36.4 Å². The van der Waals surface area contributed by atoms with Gasteiger partial charge >= 0.3 is 11.9 Å². The van der Waals surface area contributed by atoms with Gasteiger partial charge < -0.3 is 39.4 Å². The first kappa shape index (κ1) is 28.1. The van der Waals surface area contributed by atoms with Gasteiger partial charge in [-0.25, -0.2) is 9.59 Å². The topological polar surface area (TPSA) is 152 Å². The molecule has 0 atom stereocenters. The maximum atomic E-state index is 14.2. The van der Waals surface area contributed by atoms with Gasteiger partial charge in [-0.2, -0.15) is 0 Å². The molecule has 0 bridgehead atoms. The fourth-order valence-electron chi connectivity index (χ4n) is 7.94. The normalized spacial score (nSPS) is 16.2. The highest BCUT2D eigenvalue weighted by Gasteiger charge is 2.57. The molecule has 10 nitrogen and oxygen atoms in total. The van der Waals surface area contributed by atoms with Crippen molar-refractivity contribution >= 4 is 11.9 Å². The number of esters is 2. The molecule has 6 aromatic rings. The van der Waals surface area contributed by atoms with Crippen molar-refractivity contribution in [3.63, 3.8) is 0 Å². The molecular weight excluding hydrogens is 640 g/mol. The molecule has 0 amide bonds. The molecule has 0 unspecified atom stereocenters. The minimum absolute atomic E-state index is 0.0604. The summed E-state index contributed by atoms with van der Waals surface area (Å²) >= 11 is 0. The molecular formula is C40H22O10. The number of carbonyl (C=O) groups is 2. The fraction of sp³-hybridized carbons (Fsp3) is 0.0500. The van der Waals surface area contributed by atoms with E-state index in [9.17, 15) is 30.0 Å². The van der Waals surface area contributed by atoms with Crippen LogP contribution in [0.1, 0.15) is 54.1 Å². The molecule has 0 saturated heterocycles. The van der Waals surface area contributed by atoms with E-state index in [1.807, 2.05) is 0 Å². The molecule has 50 heavy (non-hydrogen) atoms. The van der Waals surface area contributed by atoms with Crippen LogP contribution in [0.2, 0.25) is 0 Å². The van der Waals surface area contributed by atoms with Crippen LogP contribution in [0, 0.1) is 0 Å². The second kappa shape index (κ2) is 9.36. The number of aromatic hydroxyl groups is 4. The van der Waals surface area contributed by atoms with Gasteiger partial charge in [-0.15, -0.1) is 0 Å². The Bertz CT molecular complexity index is 2270. The Morgan fingerprint density at radius 2 is 0.720 bits per heavy atom. The van der Waals surface area contributed by atoms with Crippen molar-refractivity contribution in [2.75, 3.05) is 0 Å². The average molecular weight is 663 g/mol. The Balaban J connectivity index is 1.23. The van der Waals surface area contributed by atoms with Crippen LogP contribution in [-0.2, 0) is 20.7 Å². The predicted molar refractivity (Wildman–Crippen MR) is 175 cm³/mol. The van der Waals surface area contributed by atoms with Gasteiger partial charge in [0.25, 0.3) is 0 Å². The lowest BCUT2D eigenvalue weighted by Crippen LogP contribution is -2.32. The Morgan fingerprint density at radius 1 is 0.400 bits per heavy atom. The van der Waals surface area contributed by atoms with Crippen molar-refractivity contribution in [1.29, 1.82) is 0 Å². The maximum absolute atomic E-state index is 14.2. The van der Waals surface area contributed by atoms with Crippen LogP contribution >= 0.6 is 0 Å². The second-order valence-corrected chi connectivity index (χ2v) is 12.5. The van der Waals surface area contributed by atoms with Crippen LogP contribution in [0.15, 0.2) is 109 Å². The molecule has 10 rings (SSSR count). The molecule has 0 radical (unpaired) electrons. The van der Waals surface area contributed by atoms with Gasteiger partial charge in [0.2, 0.25) is 0 Å². The molecule has 4 heterocycles. The lowest BCUT2D eigenvalue weighted by molar-refractivity contribution is 0.0213. The van der Waals surface area contributed by atoms with Gasteiger partial charge in [0.1, 0.15) is 46.0 Å². The number of rotatable bonds is 1. The number of benzene rings is 6.